The summed E-state index contributed by atoms with van der Waals surface area (Å²) in [5.74, 6) is -0.279. The van der Waals surface area contributed by atoms with Gasteiger partial charge < -0.3 is 15.4 Å². The highest BCUT2D eigenvalue weighted by Crippen LogP contribution is 2.44. The molecule has 4 nitrogen and oxygen atoms in total. The number of benzene rings is 2. The van der Waals surface area contributed by atoms with E-state index in [0.717, 1.165) is 16.9 Å². The molecule has 0 amide bonds. The fourth-order valence-corrected chi connectivity index (χ4v) is 2.97. The minimum absolute atomic E-state index is 0.298. The SMILES string of the molecule is Nc1ccc2c(c1)c(C1CC1)cn2-c1ccc(C(=O)O)cc1. The second kappa shape index (κ2) is 4.63. The van der Waals surface area contributed by atoms with Crippen LogP contribution in [0.5, 0.6) is 0 Å². The average molecular weight is 292 g/mol. The first-order valence-electron chi connectivity index (χ1n) is 7.38. The number of carboxylic acids is 1. The molecule has 0 aliphatic heterocycles. The van der Waals surface area contributed by atoms with E-state index in [0.29, 0.717) is 11.5 Å². The minimum atomic E-state index is -0.907. The van der Waals surface area contributed by atoms with Crippen molar-refractivity contribution in [1.82, 2.24) is 4.57 Å². The number of carboxylic acid groups (broad SMARTS) is 1. The van der Waals surface area contributed by atoms with Crippen molar-refractivity contribution in [2.75, 3.05) is 5.73 Å². The van der Waals surface area contributed by atoms with Gasteiger partial charge in [-0.3, -0.25) is 0 Å². The van der Waals surface area contributed by atoms with E-state index in [1.54, 1.807) is 12.1 Å². The molecule has 0 atom stereocenters. The van der Waals surface area contributed by atoms with Crippen molar-refractivity contribution in [3.8, 4) is 5.69 Å². The Balaban J connectivity index is 1.89. The quantitative estimate of drug-likeness (QED) is 0.722. The van der Waals surface area contributed by atoms with Gasteiger partial charge in [0.25, 0.3) is 0 Å². The van der Waals surface area contributed by atoms with E-state index in [1.165, 1.54) is 23.8 Å². The van der Waals surface area contributed by atoms with Crippen LogP contribution in [0.15, 0.2) is 48.7 Å². The first-order valence-corrected chi connectivity index (χ1v) is 7.38. The molecule has 110 valence electrons. The van der Waals surface area contributed by atoms with Gasteiger partial charge in [0, 0.05) is 23.0 Å². The van der Waals surface area contributed by atoms with Gasteiger partial charge >= 0.3 is 5.97 Å². The van der Waals surface area contributed by atoms with Gasteiger partial charge in [0.05, 0.1) is 11.1 Å². The Labute approximate surface area is 127 Å². The van der Waals surface area contributed by atoms with E-state index in [1.807, 2.05) is 30.3 Å². The highest BCUT2D eigenvalue weighted by molar-refractivity contribution is 5.90. The van der Waals surface area contributed by atoms with E-state index in [-0.39, 0.29) is 0 Å². The zero-order valence-corrected chi connectivity index (χ0v) is 12.0. The van der Waals surface area contributed by atoms with Gasteiger partial charge in [0.2, 0.25) is 0 Å². The van der Waals surface area contributed by atoms with Crippen LogP contribution < -0.4 is 5.73 Å². The first-order chi connectivity index (χ1) is 10.6. The molecule has 2 aromatic carbocycles. The molecule has 1 saturated carbocycles. The normalized spacial score (nSPS) is 14.4. The number of anilines is 1. The highest BCUT2D eigenvalue weighted by atomic mass is 16.4. The molecule has 3 aromatic rings. The van der Waals surface area contributed by atoms with Crippen molar-refractivity contribution < 1.29 is 9.90 Å². The zero-order valence-electron chi connectivity index (χ0n) is 12.0. The van der Waals surface area contributed by atoms with Gasteiger partial charge in [-0.05, 0) is 66.8 Å². The van der Waals surface area contributed by atoms with Crippen LogP contribution in [-0.2, 0) is 0 Å². The van der Waals surface area contributed by atoms with Crippen LogP contribution >= 0.6 is 0 Å². The van der Waals surface area contributed by atoms with E-state index in [2.05, 4.69) is 10.8 Å². The Morgan fingerprint density at radius 1 is 1.14 bits per heavy atom. The highest BCUT2D eigenvalue weighted by Gasteiger charge is 2.27. The molecule has 1 aliphatic carbocycles. The summed E-state index contributed by atoms with van der Waals surface area (Å²) >= 11 is 0. The molecule has 1 fully saturated rings. The lowest BCUT2D eigenvalue weighted by molar-refractivity contribution is 0.0697. The van der Waals surface area contributed by atoms with Gasteiger partial charge in [-0.25, -0.2) is 4.79 Å². The lowest BCUT2D eigenvalue weighted by Gasteiger charge is -2.06. The maximum absolute atomic E-state index is 11.0. The van der Waals surface area contributed by atoms with Crippen LogP contribution in [0.1, 0.15) is 34.7 Å². The van der Waals surface area contributed by atoms with Crippen molar-refractivity contribution in [2.24, 2.45) is 0 Å². The molecule has 4 rings (SSSR count). The molecule has 1 aromatic heterocycles. The first kappa shape index (κ1) is 13.0. The molecular weight excluding hydrogens is 276 g/mol. The maximum atomic E-state index is 11.0. The molecule has 4 heteroatoms. The van der Waals surface area contributed by atoms with Crippen molar-refractivity contribution in [1.29, 1.82) is 0 Å². The number of rotatable bonds is 3. The smallest absolute Gasteiger partial charge is 0.335 e. The fraction of sp³-hybridized carbons (Fsp3) is 0.167. The molecule has 1 heterocycles. The summed E-state index contributed by atoms with van der Waals surface area (Å²) in [6.07, 6.45) is 4.62. The van der Waals surface area contributed by atoms with Crippen molar-refractivity contribution in [3.63, 3.8) is 0 Å². The summed E-state index contributed by atoms with van der Waals surface area (Å²) in [5, 5.41) is 10.2. The Morgan fingerprint density at radius 3 is 2.50 bits per heavy atom. The third-order valence-electron chi connectivity index (χ3n) is 4.27. The molecule has 0 unspecified atom stereocenters. The number of nitrogen functional groups attached to an aromatic ring is 1. The van der Waals surface area contributed by atoms with Gasteiger partial charge in [0.1, 0.15) is 0 Å². The van der Waals surface area contributed by atoms with Crippen molar-refractivity contribution in [3.05, 3.63) is 59.8 Å². The molecule has 3 N–H and O–H groups in total. The Hall–Kier alpha value is -2.75. The second-order valence-electron chi connectivity index (χ2n) is 5.86. The van der Waals surface area contributed by atoms with Crippen LogP contribution in [-0.4, -0.2) is 15.6 Å². The van der Waals surface area contributed by atoms with Crippen LogP contribution in [0.25, 0.3) is 16.6 Å². The average Bonchev–Trinajstić information content (AvgIpc) is 3.29. The number of carbonyl (C=O) groups is 1. The summed E-state index contributed by atoms with van der Waals surface area (Å²) in [5.41, 5.74) is 10.4. The molecule has 0 radical (unpaired) electrons. The van der Waals surface area contributed by atoms with E-state index < -0.39 is 5.97 Å². The lowest BCUT2D eigenvalue weighted by atomic mass is 10.1. The second-order valence-corrected chi connectivity index (χ2v) is 5.86. The predicted molar refractivity (Wildman–Crippen MR) is 86.6 cm³/mol. The maximum Gasteiger partial charge on any atom is 0.335 e. The lowest BCUT2D eigenvalue weighted by Crippen LogP contribution is -1.97. The number of nitrogens with two attached hydrogens (primary N) is 1. The number of fused-ring (bicyclic) bond motifs is 1. The fourth-order valence-electron chi connectivity index (χ4n) is 2.97. The van der Waals surface area contributed by atoms with E-state index in [9.17, 15) is 4.79 Å². The van der Waals surface area contributed by atoms with Gasteiger partial charge in [-0.15, -0.1) is 0 Å². The Morgan fingerprint density at radius 2 is 1.86 bits per heavy atom. The largest absolute Gasteiger partial charge is 0.478 e. The van der Waals surface area contributed by atoms with Gasteiger partial charge in [-0.1, -0.05) is 0 Å². The third-order valence-corrected chi connectivity index (χ3v) is 4.27. The molecule has 0 saturated heterocycles. The van der Waals surface area contributed by atoms with E-state index >= 15 is 0 Å². The molecule has 0 spiro atoms. The summed E-state index contributed by atoms with van der Waals surface area (Å²) in [6.45, 7) is 0. The number of aromatic carboxylic acids is 1. The van der Waals surface area contributed by atoms with Crippen molar-refractivity contribution in [2.45, 2.75) is 18.8 Å². The third kappa shape index (κ3) is 2.04. The summed E-state index contributed by atoms with van der Waals surface area (Å²) < 4.78 is 2.12. The van der Waals surface area contributed by atoms with Gasteiger partial charge in [0.15, 0.2) is 0 Å². The van der Waals surface area contributed by atoms with Crippen LogP contribution in [0.3, 0.4) is 0 Å². The summed E-state index contributed by atoms with van der Waals surface area (Å²) in [4.78, 5) is 11.0. The van der Waals surface area contributed by atoms with Crippen LogP contribution in [0.4, 0.5) is 5.69 Å². The monoisotopic (exact) mass is 292 g/mol. The molecule has 22 heavy (non-hydrogen) atoms. The molecule has 0 bridgehead atoms. The van der Waals surface area contributed by atoms with Crippen molar-refractivity contribution >= 4 is 22.6 Å². The van der Waals surface area contributed by atoms with E-state index in [4.69, 9.17) is 10.8 Å². The standard InChI is InChI=1S/C18H16N2O2/c19-13-5-8-17-15(9-13)16(11-1-2-11)10-20(17)14-6-3-12(4-7-14)18(21)22/h3-11H,1-2,19H2,(H,21,22). The number of hydrogen-bond donors (Lipinski definition) is 2. The summed E-state index contributed by atoms with van der Waals surface area (Å²) in [7, 11) is 0. The van der Waals surface area contributed by atoms with Crippen LogP contribution in [0, 0.1) is 0 Å². The Bertz CT molecular complexity index is 874. The Kier molecular flexibility index (Phi) is 2.73. The number of aromatic nitrogens is 1. The van der Waals surface area contributed by atoms with Crippen LogP contribution in [0.2, 0.25) is 0 Å². The molecular formula is C18H16N2O2. The van der Waals surface area contributed by atoms with Gasteiger partial charge in [-0.2, -0.15) is 0 Å². The summed E-state index contributed by atoms with van der Waals surface area (Å²) in [6, 6.07) is 12.9. The minimum Gasteiger partial charge on any atom is -0.478 e. The predicted octanol–water partition coefficient (Wildman–Crippen LogP) is 3.79. The molecule has 1 aliphatic rings. The zero-order chi connectivity index (χ0) is 15.3. The number of hydrogen-bond acceptors (Lipinski definition) is 2. The number of nitrogens with zero attached hydrogens (tertiary/aromatic N) is 1. The topological polar surface area (TPSA) is 68.2 Å².